The van der Waals surface area contributed by atoms with E-state index in [-0.39, 0.29) is 6.04 Å². The van der Waals surface area contributed by atoms with E-state index >= 15 is 0 Å². The Morgan fingerprint density at radius 2 is 2.13 bits per heavy atom. The van der Waals surface area contributed by atoms with Gasteiger partial charge in [-0.05, 0) is 19.3 Å². The van der Waals surface area contributed by atoms with Crippen LogP contribution >= 0.6 is 11.3 Å². The lowest BCUT2D eigenvalue weighted by Crippen LogP contribution is -2.07. The van der Waals surface area contributed by atoms with Gasteiger partial charge in [0, 0.05) is 11.1 Å². The first kappa shape index (κ1) is 12.7. The summed E-state index contributed by atoms with van der Waals surface area (Å²) in [5.74, 6) is 0. The predicted octanol–water partition coefficient (Wildman–Crippen LogP) is 3.68. The molecular formula is C12H22N2S. The van der Waals surface area contributed by atoms with E-state index in [1.165, 1.54) is 37.0 Å². The zero-order valence-electron chi connectivity index (χ0n) is 9.83. The number of nitrogens with two attached hydrogens (primary N) is 1. The van der Waals surface area contributed by atoms with Crippen LogP contribution in [0.2, 0.25) is 0 Å². The van der Waals surface area contributed by atoms with Gasteiger partial charge in [-0.15, -0.1) is 11.3 Å². The molecule has 0 saturated heterocycles. The first-order valence-corrected chi connectivity index (χ1v) is 6.79. The molecule has 0 aliphatic heterocycles. The van der Waals surface area contributed by atoms with Gasteiger partial charge in [-0.1, -0.05) is 33.1 Å². The van der Waals surface area contributed by atoms with Crippen molar-refractivity contribution in [3.05, 3.63) is 16.1 Å². The third-order valence-electron chi connectivity index (χ3n) is 2.61. The van der Waals surface area contributed by atoms with Crippen molar-refractivity contribution in [2.75, 3.05) is 0 Å². The zero-order chi connectivity index (χ0) is 11.1. The van der Waals surface area contributed by atoms with Crippen molar-refractivity contribution in [1.82, 2.24) is 4.98 Å². The van der Waals surface area contributed by atoms with Crippen LogP contribution in [0.3, 0.4) is 0 Å². The average Bonchev–Trinajstić information content (AvgIpc) is 2.72. The summed E-state index contributed by atoms with van der Waals surface area (Å²) in [4.78, 5) is 5.77. The molecule has 0 aromatic carbocycles. The molecule has 0 aliphatic rings. The summed E-state index contributed by atoms with van der Waals surface area (Å²) in [7, 11) is 0. The summed E-state index contributed by atoms with van der Waals surface area (Å²) >= 11 is 1.79. The lowest BCUT2D eigenvalue weighted by Gasteiger charge is -2.02. The van der Waals surface area contributed by atoms with E-state index in [4.69, 9.17) is 5.73 Å². The molecule has 0 saturated carbocycles. The molecule has 0 unspecified atom stereocenters. The lowest BCUT2D eigenvalue weighted by atomic mass is 10.1. The molecule has 0 spiro atoms. The van der Waals surface area contributed by atoms with Gasteiger partial charge in [0.25, 0.3) is 0 Å². The van der Waals surface area contributed by atoms with Crippen molar-refractivity contribution in [3.63, 3.8) is 0 Å². The maximum absolute atomic E-state index is 5.93. The van der Waals surface area contributed by atoms with Crippen LogP contribution in [0.25, 0.3) is 0 Å². The lowest BCUT2D eigenvalue weighted by molar-refractivity contribution is 0.669. The fraction of sp³-hybridized carbons (Fsp3) is 0.750. The van der Waals surface area contributed by atoms with Gasteiger partial charge in [0.2, 0.25) is 0 Å². The number of thiazole rings is 1. The maximum Gasteiger partial charge on any atom is 0.110 e. The van der Waals surface area contributed by atoms with Crippen LogP contribution in [0.4, 0.5) is 0 Å². The molecule has 1 rings (SSSR count). The van der Waals surface area contributed by atoms with Crippen molar-refractivity contribution in [1.29, 1.82) is 0 Å². The van der Waals surface area contributed by atoms with Crippen molar-refractivity contribution < 1.29 is 0 Å². The zero-order valence-corrected chi connectivity index (χ0v) is 10.6. The van der Waals surface area contributed by atoms with Crippen LogP contribution in [0.1, 0.15) is 61.9 Å². The summed E-state index contributed by atoms with van der Waals surface area (Å²) in [6.45, 7) is 4.35. The highest BCUT2D eigenvalue weighted by Crippen LogP contribution is 2.22. The Labute approximate surface area is 96.9 Å². The topological polar surface area (TPSA) is 38.9 Å². The normalized spacial score (nSPS) is 13.0. The molecule has 15 heavy (non-hydrogen) atoms. The van der Waals surface area contributed by atoms with Crippen LogP contribution in [0, 0.1) is 0 Å². The highest BCUT2D eigenvalue weighted by Gasteiger charge is 2.08. The second kappa shape index (κ2) is 6.96. The van der Waals surface area contributed by atoms with Crippen LogP contribution in [0.15, 0.2) is 6.20 Å². The van der Waals surface area contributed by atoms with Gasteiger partial charge < -0.3 is 5.73 Å². The van der Waals surface area contributed by atoms with E-state index in [2.05, 4.69) is 18.8 Å². The van der Waals surface area contributed by atoms with Crippen LogP contribution in [-0.4, -0.2) is 4.98 Å². The number of unbranched alkanes of at least 4 members (excludes halogenated alkanes) is 3. The number of rotatable bonds is 7. The molecule has 0 amide bonds. The molecular weight excluding hydrogens is 204 g/mol. The Morgan fingerprint density at radius 1 is 1.33 bits per heavy atom. The van der Waals surface area contributed by atoms with E-state index in [9.17, 15) is 0 Å². The molecule has 2 N–H and O–H groups in total. The molecule has 3 heteroatoms. The van der Waals surface area contributed by atoms with E-state index < -0.39 is 0 Å². The fourth-order valence-electron chi connectivity index (χ4n) is 1.51. The highest BCUT2D eigenvalue weighted by atomic mass is 32.1. The average molecular weight is 226 g/mol. The number of aryl methyl sites for hydroxylation is 1. The smallest absolute Gasteiger partial charge is 0.110 e. The first-order valence-electron chi connectivity index (χ1n) is 5.98. The van der Waals surface area contributed by atoms with E-state index in [1.54, 1.807) is 11.3 Å². The summed E-state index contributed by atoms with van der Waals surface area (Å²) in [6.07, 6.45) is 9.42. The molecule has 1 aromatic heterocycles. The summed E-state index contributed by atoms with van der Waals surface area (Å²) in [6, 6.07) is 0.138. The molecule has 0 aliphatic carbocycles. The third kappa shape index (κ3) is 4.31. The highest BCUT2D eigenvalue weighted by molar-refractivity contribution is 7.11. The van der Waals surface area contributed by atoms with Gasteiger partial charge in [0.05, 0.1) is 6.04 Å². The largest absolute Gasteiger partial charge is 0.322 e. The predicted molar refractivity (Wildman–Crippen MR) is 67.2 cm³/mol. The second-order valence-electron chi connectivity index (χ2n) is 3.99. The van der Waals surface area contributed by atoms with Gasteiger partial charge in [-0.2, -0.15) is 0 Å². The molecule has 86 valence electrons. The standard InChI is InChI=1S/C12H22N2S/c1-3-5-6-7-8-10-9-14-12(15-10)11(13)4-2/h9,11H,3-8,13H2,1-2H3/t11-/m0/s1. The van der Waals surface area contributed by atoms with Crippen LogP contribution < -0.4 is 5.73 Å². The van der Waals surface area contributed by atoms with Crippen molar-refractivity contribution in [2.24, 2.45) is 5.73 Å². The molecule has 1 heterocycles. The molecule has 2 nitrogen and oxygen atoms in total. The van der Waals surface area contributed by atoms with Crippen LogP contribution in [0.5, 0.6) is 0 Å². The van der Waals surface area contributed by atoms with Gasteiger partial charge in [0.15, 0.2) is 0 Å². The molecule has 1 atom stereocenters. The minimum absolute atomic E-state index is 0.138. The van der Waals surface area contributed by atoms with Crippen molar-refractivity contribution >= 4 is 11.3 Å². The van der Waals surface area contributed by atoms with E-state index in [1.807, 2.05) is 6.20 Å². The van der Waals surface area contributed by atoms with Crippen LogP contribution in [-0.2, 0) is 6.42 Å². The Hall–Kier alpha value is -0.410. The second-order valence-corrected chi connectivity index (χ2v) is 5.14. The fourth-order valence-corrected chi connectivity index (χ4v) is 2.55. The first-order chi connectivity index (χ1) is 7.27. The minimum Gasteiger partial charge on any atom is -0.322 e. The Kier molecular flexibility index (Phi) is 5.88. The number of nitrogens with zero attached hydrogens (tertiary/aromatic N) is 1. The SMILES string of the molecule is CCCCCCc1cnc([C@@H](N)CC)s1. The Morgan fingerprint density at radius 3 is 2.80 bits per heavy atom. The number of hydrogen-bond donors (Lipinski definition) is 1. The summed E-state index contributed by atoms with van der Waals surface area (Å²) < 4.78 is 0. The molecule has 0 radical (unpaired) electrons. The van der Waals surface area contributed by atoms with Gasteiger partial charge in [0.1, 0.15) is 5.01 Å². The van der Waals surface area contributed by atoms with E-state index in [0.717, 1.165) is 11.4 Å². The van der Waals surface area contributed by atoms with E-state index in [0.29, 0.717) is 0 Å². The quantitative estimate of drug-likeness (QED) is 0.720. The van der Waals surface area contributed by atoms with Crippen molar-refractivity contribution in [2.45, 2.75) is 58.4 Å². The monoisotopic (exact) mass is 226 g/mol. The Bertz CT molecular complexity index is 270. The van der Waals surface area contributed by atoms with Gasteiger partial charge in [-0.25, -0.2) is 4.98 Å². The summed E-state index contributed by atoms with van der Waals surface area (Å²) in [5.41, 5.74) is 5.93. The van der Waals surface area contributed by atoms with Gasteiger partial charge >= 0.3 is 0 Å². The molecule has 0 fully saturated rings. The Balaban J connectivity index is 2.33. The minimum atomic E-state index is 0.138. The van der Waals surface area contributed by atoms with Crippen molar-refractivity contribution in [3.8, 4) is 0 Å². The van der Waals surface area contributed by atoms with Gasteiger partial charge in [-0.3, -0.25) is 0 Å². The maximum atomic E-state index is 5.93. The third-order valence-corrected chi connectivity index (χ3v) is 3.79. The number of aromatic nitrogens is 1. The number of hydrogen-bond acceptors (Lipinski definition) is 3. The summed E-state index contributed by atoms with van der Waals surface area (Å²) in [5, 5.41) is 1.10. The molecule has 0 bridgehead atoms. The molecule has 1 aromatic rings.